The Balaban J connectivity index is 1.94. The van der Waals surface area contributed by atoms with E-state index in [-0.39, 0.29) is 16.9 Å². The van der Waals surface area contributed by atoms with Crippen molar-refractivity contribution in [2.24, 2.45) is 5.92 Å². The normalized spacial score (nSPS) is 15.3. The van der Waals surface area contributed by atoms with Gasteiger partial charge in [0.2, 0.25) is 0 Å². The number of barbiturate groups is 1. The van der Waals surface area contributed by atoms with Gasteiger partial charge in [-0.05, 0) is 73.7 Å². The number of rotatable bonds is 6. The van der Waals surface area contributed by atoms with Gasteiger partial charge in [0.05, 0.1) is 26.2 Å². The molecule has 166 valence electrons. The van der Waals surface area contributed by atoms with Gasteiger partial charge in [-0.15, -0.1) is 0 Å². The van der Waals surface area contributed by atoms with E-state index in [0.717, 1.165) is 4.90 Å². The molecule has 0 bridgehead atoms. The number of nitrogens with zero attached hydrogens (tertiary/aromatic N) is 2. The van der Waals surface area contributed by atoms with E-state index in [4.69, 9.17) is 4.74 Å². The lowest BCUT2D eigenvalue weighted by molar-refractivity contribution is -0.384. The van der Waals surface area contributed by atoms with Crippen LogP contribution in [0.5, 0.6) is 5.75 Å². The molecule has 0 unspecified atom stereocenters. The summed E-state index contributed by atoms with van der Waals surface area (Å²) in [6.45, 7) is 4.54. The van der Waals surface area contributed by atoms with Crippen molar-refractivity contribution >= 4 is 67.2 Å². The number of non-ortho nitro benzene ring substituents is 1. The smallest absolute Gasteiger partial charge is 0.335 e. The SMILES string of the molecule is CC(C)COc1c(Br)cc(/C=C2\C(=O)NC(=O)N(c3ccc([N+](=O)[O-])cc3)C2=O)cc1Br. The fourth-order valence-electron chi connectivity index (χ4n) is 2.83. The lowest BCUT2D eigenvalue weighted by atomic mass is 10.1. The molecule has 0 atom stereocenters. The van der Waals surface area contributed by atoms with Crippen LogP contribution < -0.4 is 15.0 Å². The zero-order chi connectivity index (χ0) is 23.6. The Morgan fingerprint density at radius 3 is 2.25 bits per heavy atom. The van der Waals surface area contributed by atoms with E-state index in [2.05, 4.69) is 37.2 Å². The summed E-state index contributed by atoms with van der Waals surface area (Å²) >= 11 is 6.86. The third-order valence-electron chi connectivity index (χ3n) is 4.31. The van der Waals surface area contributed by atoms with Gasteiger partial charge >= 0.3 is 6.03 Å². The summed E-state index contributed by atoms with van der Waals surface area (Å²) in [7, 11) is 0. The van der Waals surface area contributed by atoms with Crippen molar-refractivity contribution in [1.29, 1.82) is 0 Å². The van der Waals surface area contributed by atoms with Crippen molar-refractivity contribution in [3.63, 3.8) is 0 Å². The van der Waals surface area contributed by atoms with Crippen LogP contribution in [-0.2, 0) is 9.59 Å². The van der Waals surface area contributed by atoms with Crippen LogP contribution in [0.3, 0.4) is 0 Å². The Hall–Kier alpha value is -3.05. The molecular weight excluding hydrogens is 550 g/mol. The molecule has 2 aromatic carbocycles. The van der Waals surface area contributed by atoms with Gasteiger partial charge in [0.15, 0.2) is 0 Å². The molecule has 2 aromatic rings. The highest BCUT2D eigenvalue weighted by molar-refractivity contribution is 9.11. The number of hydrogen-bond donors (Lipinski definition) is 1. The minimum Gasteiger partial charge on any atom is -0.491 e. The molecule has 0 saturated carbocycles. The monoisotopic (exact) mass is 565 g/mol. The van der Waals surface area contributed by atoms with Gasteiger partial charge in [-0.1, -0.05) is 13.8 Å². The average Bonchev–Trinajstić information content (AvgIpc) is 2.70. The molecule has 1 aliphatic rings. The van der Waals surface area contributed by atoms with Crippen molar-refractivity contribution < 1.29 is 24.0 Å². The maximum Gasteiger partial charge on any atom is 0.335 e. The van der Waals surface area contributed by atoms with E-state index in [0.29, 0.717) is 32.8 Å². The third-order valence-corrected chi connectivity index (χ3v) is 5.49. The predicted molar refractivity (Wildman–Crippen MR) is 124 cm³/mol. The summed E-state index contributed by atoms with van der Waals surface area (Å²) in [4.78, 5) is 48.6. The van der Waals surface area contributed by atoms with Crippen LogP contribution in [0.15, 0.2) is 50.9 Å². The fourth-order valence-corrected chi connectivity index (χ4v) is 4.28. The number of imide groups is 2. The highest BCUT2D eigenvalue weighted by atomic mass is 79.9. The van der Waals surface area contributed by atoms with E-state index in [1.165, 1.54) is 30.3 Å². The van der Waals surface area contributed by atoms with E-state index in [9.17, 15) is 24.5 Å². The van der Waals surface area contributed by atoms with Crippen LogP contribution in [0.2, 0.25) is 0 Å². The first kappa shape index (κ1) is 23.6. The van der Waals surface area contributed by atoms with Crippen molar-refractivity contribution in [2.45, 2.75) is 13.8 Å². The zero-order valence-corrected chi connectivity index (χ0v) is 20.1. The summed E-state index contributed by atoms with van der Waals surface area (Å²) in [6, 6.07) is 7.28. The zero-order valence-electron chi connectivity index (χ0n) is 16.9. The van der Waals surface area contributed by atoms with Crippen LogP contribution in [0.1, 0.15) is 19.4 Å². The number of anilines is 1. The van der Waals surface area contributed by atoms with Gasteiger partial charge in [-0.2, -0.15) is 0 Å². The first-order chi connectivity index (χ1) is 15.1. The number of nitro groups is 1. The summed E-state index contributed by atoms with van der Waals surface area (Å²) < 4.78 is 7.00. The number of amides is 4. The lowest BCUT2D eigenvalue weighted by Gasteiger charge is -2.26. The molecule has 3 rings (SSSR count). The molecule has 1 N–H and O–H groups in total. The topological polar surface area (TPSA) is 119 Å². The van der Waals surface area contributed by atoms with Crippen LogP contribution in [0.4, 0.5) is 16.2 Å². The number of nitro benzene ring substituents is 1. The Kier molecular flexibility index (Phi) is 7.09. The van der Waals surface area contributed by atoms with E-state index >= 15 is 0 Å². The molecule has 0 spiro atoms. The van der Waals surface area contributed by atoms with Crippen LogP contribution in [0, 0.1) is 16.0 Å². The molecule has 11 heteroatoms. The summed E-state index contributed by atoms with van der Waals surface area (Å²) in [6.07, 6.45) is 1.35. The second-order valence-electron chi connectivity index (χ2n) is 7.25. The number of hydrogen-bond acceptors (Lipinski definition) is 6. The van der Waals surface area contributed by atoms with Crippen molar-refractivity contribution in [3.8, 4) is 5.75 Å². The predicted octanol–water partition coefficient (Wildman–Crippen LogP) is 4.82. The van der Waals surface area contributed by atoms with E-state index < -0.39 is 22.8 Å². The molecule has 9 nitrogen and oxygen atoms in total. The van der Waals surface area contributed by atoms with Gasteiger partial charge in [0, 0.05) is 12.1 Å². The van der Waals surface area contributed by atoms with Crippen LogP contribution >= 0.6 is 31.9 Å². The number of ether oxygens (including phenoxy) is 1. The standard InChI is InChI=1S/C21H17Br2N3O6/c1-11(2)10-32-18-16(22)8-12(9-17(18)23)7-15-19(27)24-21(29)25(20(15)28)13-3-5-14(6-4-13)26(30)31/h3-9,11H,10H2,1-2H3,(H,24,27,29)/b15-7+. The quantitative estimate of drug-likeness (QED) is 0.232. The Labute approximate surface area is 199 Å². The van der Waals surface area contributed by atoms with Gasteiger partial charge < -0.3 is 4.74 Å². The van der Waals surface area contributed by atoms with Crippen molar-refractivity contribution in [3.05, 3.63) is 66.6 Å². The van der Waals surface area contributed by atoms with Crippen LogP contribution in [-0.4, -0.2) is 29.4 Å². The number of carbonyl (C=O) groups is 3. The molecular formula is C21H17Br2N3O6. The Bertz CT molecular complexity index is 1120. The molecule has 0 aromatic heterocycles. The first-order valence-electron chi connectivity index (χ1n) is 9.36. The highest BCUT2D eigenvalue weighted by Crippen LogP contribution is 2.36. The van der Waals surface area contributed by atoms with Gasteiger partial charge in [0.1, 0.15) is 11.3 Å². The number of nitrogens with one attached hydrogen (secondary N) is 1. The number of carbonyl (C=O) groups excluding carboxylic acids is 3. The summed E-state index contributed by atoms with van der Waals surface area (Å²) in [5, 5.41) is 13.0. The molecule has 32 heavy (non-hydrogen) atoms. The average molecular weight is 567 g/mol. The third kappa shape index (κ3) is 5.05. The van der Waals surface area contributed by atoms with Gasteiger partial charge in [-0.3, -0.25) is 25.0 Å². The van der Waals surface area contributed by atoms with Crippen LogP contribution in [0.25, 0.3) is 6.08 Å². The van der Waals surface area contributed by atoms with Gasteiger partial charge in [-0.25, -0.2) is 9.69 Å². The second kappa shape index (κ2) is 9.61. The molecule has 0 aliphatic carbocycles. The molecule has 1 heterocycles. The minimum atomic E-state index is -0.939. The second-order valence-corrected chi connectivity index (χ2v) is 8.96. The maximum atomic E-state index is 13.0. The minimum absolute atomic E-state index is 0.0938. The largest absolute Gasteiger partial charge is 0.491 e. The highest BCUT2D eigenvalue weighted by Gasteiger charge is 2.37. The lowest BCUT2D eigenvalue weighted by Crippen LogP contribution is -2.54. The summed E-state index contributed by atoms with van der Waals surface area (Å²) in [5.74, 6) is -0.782. The Morgan fingerprint density at radius 2 is 1.72 bits per heavy atom. The fraction of sp³-hybridized carbons (Fsp3) is 0.190. The van der Waals surface area contributed by atoms with Gasteiger partial charge in [0.25, 0.3) is 17.5 Å². The summed E-state index contributed by atoms with van der Waals surface area (Å²) in [5.41, 5.74) is 0.144. The van der Waals surface area contributed by atoms with Crippen molar-refractivity contribution in [2.75, 3.05) is 11.5 Å². The first-order valence-corrected chi connectivity index (χ1v) is 10.9. The van der Waals surface area contributed by atoms with E-state index in [1.807, 2.05) is 13.8 Å². The number of benzene rings is 2. The molecule has 4 amide bonds. The number of halogens is 2. The molecule has 1 fully saturated rings. The molecule has 1 aliphatic heterocycles. The molecule has 1 saturated heterocycles. The van der Waals surface area contributed by atoms with E-state index in [1.54, 1.807) is 12.1 Å². The maximum absolute atomic E-state index is 13.0. The Morgan fingerprint density at radius 1 is 1.12 bits per heavy atom. The van der Waals surface area contributed by atoms with Crippen molar-refractivity contribution in [1.82, 2.24) is 5.32 Å². The number of urea groups is 1. The molecule has 0 radical (unpaired) electrons.